The van der Waals surface area contributed by atoms with E-state index in [1.54, 1.807) is 0 Å². The fourth-order valence-corrected chi connectivity index (χ4v) is 6.51. The molecule has 3 aromatic rings. The van der Waals surface area contributed by atoms with Crippen LogP contribution in [-0.4, -0.2) is 32.7 Å². The van der Waals surface area contributed by atoms with E-state index in [1.165, 1.54) is 0 Å². The second-order valence-electron chi connectivity index (χ2n) is 12.8. The predicted molar refractivity (Wildman–Crippen MR) is 181 cm³/mol. The van der Waals surface area contributed by atoms with E-state index in [0.717, 1.165) is 36.0 Å². The van der Waals surface area contributed by atoms with Crippen LogP contribution in [0.1, 0.15) is 56.7 Å². The van der Waals surface area contributed by atoms with E-state index in [1.807, 2.05) is 66.7 Å². The Morgan fingerprint density at radius 1 is 0.721 bits per heavy atom. The molecule has 0 aromatic heterocycles. The van der Waals surface area contributed by atoms with E-state index >= 15 is 0 Å². The van der Waals surface area contributed by atoms with Gasteiger partial charge in [-0.1, -0.05) is 124 Å². The van der Waals surface area contributed by atoms with Crippen LogP contribution >= 0.6 is 0 Å². The van der Waals surface area contributed by atoms with Crippen LogP contribution in [0.2, 0.25) is 18.1 Å². The Morgan fingerprint density at radius 2 is 1.21 bits per heavy atom. The maximum absolute atomic E-state index is 7.49. The zero-order valence-electron chi connectivity index (χ0n) is 27.0. The summed E-state index contributed by atoms with van der Waals surface area (Å²) in [4.78, 5) is 0. The summed E-state index contributed by atoms with van der Waals surface area (Å²) in [5.41, 5.74) is 2.53. The van der Waals surface area contributed by atoms with Crippen molar-refractivity contribution in [2.75, 3.05) is 6.61 Å². The molecular formula is C38H52O4Si. The molecule has 0 radical (unpaired) electrons. The van der Waals surface area contributed by atoms with Crippen LogP contribution in [0.3, 0.4) is 0 Å². The molecular weight excluding hydrogens is 549 g/mol. The third kappa shape index (κ3) is 10.7. The molecule has 0 heterocycles. The Kier molecular flexibility index (Phi) is 13.6. The van der Waals surface area contributed by atoms with E-state index < -0.39 is 26.1 Å². The Hall–Kier alpha value is -2.80. The summed E-state index contributed by atoms with van der Waals surface area (Å²) in [7, 11) is -2.32. The molecule has 0 fully saturated rings. The second kappa shape index (κ2) is 16.9. The summed E-state index contributed by atoms with van der Waals surface area (Å²) in [5.74, 6) is 0. The van der Waals surface area contributed by atoms with E-state index in [4.69, 9.17) is 18.6 Å². The van der Waals surface area contributed by atoms with Gasteiger partial charge in [0.15, 0.2) is 8.32 Å². The van der Waals surface area contributed by atoms with Gasteiger partial charge in [0.1, 0.15) is 17.8 Å². The second-order valence-corrected chi connectivity index (χ2v) is 17.5. The lowest BCUT2D eigenvalue weighted by Gasteiger charge is -2.50. The van der Waals surface area contributed by atoms with Crippen molar-refractivity contribution in [1.82, 2.24) is 0 Å². The average molecular weight is 601 g/mol. The number of hydrogen-bond acceptors (Lipinski definition) is 4. The first-order valence-electron chi connectivity index (χ1n) is 15.5. The highest BCUT2D eigenvalue weighted by atomic mass is 28.4. The highest BCUT2D eigenvalue weighted by Crippen LogP contribution is 2.43. The largest absolute Gasteiger partial charge is 0.406 e. The van der Waals surface area contributed by atoms with Crippen molar-refractivity contribution in [2.45, 2.75) is 95.8 Å². The summed E-state index contributed by atoms with van der Waals surface area (Å²) >= 11 is 0. The van der Waals surface area contributed by atoms with Gasteiger partial charge in [0, 0.05) is 0 Å². The van der Waals surface area contributed by atoms with Crippen molar-refractivity contribution in [2.24, 2.45) is 0 Å². The van der Waals surface area contributed by atoms with Crippen molar-refractivity contribution in [3.8, 4) is 0 Å². The topological polar surface area (TPSA) is 36.9 Å². The zero-order chi connectivity index (χ0) is 31.2. The minimum absolute atomic E-state index is 0.0192. The molecule has 0 saturated heterocycles. The molecule has 0 N–H and O–H groups in total. The fourth-order valence-electron chi connectivity index (χ4n) is 4.91. The monoisotopic (exact) mass is 600 g/mol. The van der Waals surface area contributed by atoms with Gasteiger partial charge in [-0.3, -0.25) is 0 Å². The van der Waals surface area contributed by atoms with Gasteiger partial charge < -0.3 is 18.6 Å². The summed E-state index contributed by atoms with van der Waals surface area (Å²) in [6.07, 6.45) is 5.43. The Balaban J connectivity index is 2.06. The van der Waals surface area contributed by atoms with Crippen molar-refractivity contribution < 1.29 is 18.6 Å². The standard InChI is InChI=1S/C38H52O4Si/c1-8-10-20-27-38(42-43(6,7)37(3,4)5,31-39-28-32-21-14-11-15-22-32)36(41-30-34-25-18-13-19-26-34)35(9-2)40-29-33-23-16-12-17-24-33/h8-9,11-19,21-26,35-36H,1-2,10,20,27-31H2,3-7H3/t35-,36+,38+/m1/s1. The van der Waals surface area contributed by atoms with Gasteiger partial charge in [0.25, 0.3) is 0 Å². The van der Waals surface area contributed by atoms with Crippen molar-refractivity contribution in [1.29, 1.82) is 0 Å². The number of unbranched alkanes of at least 4 members (excludes halogenated alkanes) is 1. The Morgan fingerprint density at radius 3 is 1.67 bits per heavy atom. The molecule has 0 aliphatic carbocycles. The lowest BCUT2D eigenvalue weighted by atomic mass is 9.87. The minimum atomic E-state index is -2.32. The normalized spacial score (nSPS) is 14.9. The smallest absolute Gasteiger partial charge is 0.193 e. The van der Waals surface area contributed by atoms with Crippen LogP contribution in [0, 0.1) is 0 Å². The summed E-state index contributed by atoms with van der Waals surface area (Å²) in [6.45, 7) is 21.4. The highest BCUT2D eigenvalue weighted by Gasteiger charge is 2.51. The van der Waals surface area contributed by atoms with Gasteiger partial charge in [-0.15, -0.1) is 13.2 Å². The van der Waals surface area contributed by atoms with E-state index in [-0.39, 0.29) is 5.04 Å². The maximum Gasteiger partial charge on any atom is 0.193 e. The van der Waals surface area contributed by atoms with Gasteiger partial charge in [-0.25, -0.2) is 0 Å². The maximum atomic E-state index is 7.49. The molecule has 3 rings (SSSR count). The lowest BCUT2D eigenvalue weighted by molar-refractivity contribution is -0.183. The van der Waals surface area contributed by atoms with Crippen molar-refractivity contribution in [3.05, 3.63) is 133 Å². The number of hydrogen-bond donors (Lipinski definition) is 0. The van der Waals surface area contributed by atoms with Crippen molar-refractivity contribution >= 4 is 8.32 Å². The molecule has 3 atom stereocenters. The zero-order valence-corrected chi connectivity index (χ0v) is 28.0. The van der Waals surface area contributed by atoms with Crippen LogP contribution in [0.4, 0.5) is 0 Å². The van der Waals surface area contributed by atoms with Gasteiger partial charge >= 0.3 is 0 Å². The summed E-state index contributed by atoms with van der Waals surface area (Å²) in [6, 6.07) is 30.8. The summed E-state index contributed by atoms with van der Waals surface area (Å²) < 4.78 is 27.6. The minimum Gasteiger partial charge on any atom is -0.406 e. The van der Waals surface area contributed by atoms with Crippen LogP contribution in [0.5, 0.6) is 0 Å². The molecule has 3 aromatic carbocycles. The first-order chi connectivity index (χ1) is 20.6. The number of benzene rings is 3. The molecule has 0 unspecified atom stereocenters. The van der Waals surface area contributed by atoms with E-state index in [9.17, 15) is 0 Å². The molecule has 0 spiro atoms. The quantitative estimate of drug-likeness (QED) is 0.0780. The molecule has 0 bridgehead atoms. The number of rotatable bonds is 19. The number of allylic oxidation sites excluding steroid dienone is 1. The van der Waals surface area contributed by atoms with Crippen LogP contribution in [0.25, 0.3) is 0 Å². The van der Waals surface area contributed by atoms with Crippen LogP contribution in [0.15, 0.2) is 116 Å². The SMILES string of the molecule is C=CCCC[C@@](COCc1ccccc1)(O[Si](C)(C)C(C)(C)C)[C@@H](OCc1ccccc1)[C@@H](C=C)OCc1ccccc1. The molecule has 0 amide bonds. The van der Waals surface area contributed by atoms with Gasteiger partial charge in [-0.2, -0.15) is 0 Å². The first kappa shape index (κ1) is 34.7. The summed E-state index contributed by atoms with van der Waals surface area (Å²) in [5, 5.41) is -0.0192. The Bertz CT molecular complexity index is 1210. The van der Waals surface area contributed by atoms with Gasteiger partial charge in [-0.05, 0) is 54.1 Å². The molecule has 232 valence electrons. The van der Waals surface area contributed by atoms with Gasteiger partial charge in [0.2, 0.25) is 0 Å². The van der Waals surface area contributed by atoms with E-state index in [2.05, 4.69) is 83.4 Å². The lowest BCUT2D eigenvalue weighted by Crippen LogP contribution is -2.61. The molecule has 0 saturated carbocycles. The van der Waals surface area contributed by atoms with Crippen LogP contribution in [-0.2, 0) is 38.5 Å². The Labute approximate surface area is 261 Å². The number of ether oxygens (including phenoxy) is 3. The third-order valence-electron chi connectivity index (χ3n) is 8.34. The third-order valence-corrected chi connectivity index (χ3v) is 12.9. The van der Waals surface area contributed by atoms with Crippen molar-refractivity contribution in [3.63, 3.8) is 0 Å². The van der Waals surface area contributed by atoms with E-state index in [0.29, 0.717) is 26.4 Å². The fraction of sp³-hybridized carbons (Fsp3) is 0.421. The van der Waals surface area contributed by atoms with Gasteiger partial charge in [0.05, 0.1) is 26.4 Å². The predicted octanol–water partition coefficient (Wildman–Crippen LogP) is 9.68. The molecule has 4 nitrogen and oxygen atoms in total. The molecule has 43 heavy (non-hydrogen) atoms. The molecule has 0 aliphatic rings. The highest BCUT2D eigenvalue weighted by molar-refractivity contribution is 6.74. The molecule has 5 heteroatoms. The van der Waals surface area contributed by atoms with Crippen LogP contribution < -0.4 is 0 Å². The first-order valence-corrected chi connectivity index (χ1v) is 18.4. The molecule has 0 aliphatic heterocycles. The average Bonchev–Trinajstić information content (AvgIpc) is 2.99.